The quantitative estimate of drug-likeness (QED) is 0.681. The van der Waals surface area contributed by atoms with Crippen molar-refractivity contribution in [3.63, 3.8) is 0 Å². The number of carbonyl (C=O) groups is 1. The van der Waals surface area contributed by atoms with E-state index in [2.05, 4.69) is 15.2 Å². The van der Waals surface area contributed by atoms with E-state index in [4.69, 9.17) is 11.6 Å². The molecule has 1 aromatic heterocycles. The SMILES string of the molecule is O=CC1N=C(c2ccccc2)c2cc(Cl)ccc2-n2cnnc21. The number of aldehydes is 1. The van der Waals surface area contributed by atoms with Crippen LogP contribution in [0.15, 0.2) is 59.9 Å². The molecule has 1 aliphatic rings. The van der Waals surface area contributed by atoms with Crippen LogP contribution in [0.4, 0.5) is 0 Å². The molecule has 0 fully saturated rings. The van der Waals surface area contributed by atoms with Gasteiger partial charge < -0.3 is 4.79 Å². The van der Waals surface area contributed by atoms with Gasteiger partial charge in [-0.1, -0.05) is 41.9 Å². The molecule has 0 spiro atoms. The first-order valence-corrected chi connectivity index (χ1v) is 7.44. The molecule has 0 bridgehead atoms. The summed E-state index contributed by atoms with van der Waals surface area (Å²) in [6.45, 7) is 0. The largest absolute Gasteiger partial charge is 0.300 e. The summed E-state index contributed by atoms with van der Waals surface area (Å²) >= 11 is 6.19. The summed E-state index contributed by atoms with van der Waals surface area (Å²) in [4.78, 5) is 16.2. The van der Waals surface area contributed by atoms with E-state index >= 15 is 0 Å². The van der Waals surface area contributed by atoms with Gasteiger partial charge in [-0.2, -0.15) is 0 Å². The highest BCUT2D eigenvalue weighted by Crippen LogP contribution is 2.30. The summed E-state index contributed by atoms with van der Waals surface area (Å²) in [5, 5.41) is 8.58. The Hall–Kier alpha value is -2.79. The fourth-order valence-electron chi connectivity index (χ4n) is 2.72. The topological polar surface area (TPSA) is 60.1 Å². The van der Waals surface area contributed by atoms with Crippen LogP contribution in [0.3, 0.4) is 0 Å². The highest BCUT2D eigenvalue weighted by atomic mass is 35.5. The van der Waals surface area contributed by atoms with Gasteiger partial charge in [-0.15, -0.1) is 10.2 Å². The van der Waals surface area contributed by atoms with E-state index in [0.717, 1.165) is 23.1 Å². The fraction of sp³-hybridized carbons (Fsp3) is 0.0588. The van der Waals surface area contributed by atoms with E-state index in [0.29, 0.717) is 16.6 Å². The van der Waals surface area contributed by atoms with E-state index in [-0.39, 0.29) is 0 Å². The molecule has 3 aromatic rings. The van der Waals surface area contributed by atoms with Gasteiger partial charge in [0.15, 0.2) is 18.2 Å². The Morgan fingerprint density at radius 2 is 1.96 bits per heavy atom. The Kier molecular flexibility index (Phi) is 3.28. The molecule has 2 aromatic carbocycles. The van der Waals surface area contributed by atoms with Crippen LogP contribution in [-0.4, -0.2) is 26.8 Å². The summed E-state index contributed by atoms with van der Waals surface area (Å²) < 4.78 is 1.78. The first kappa shape index (κ1) is 13.8. The standard InChI is InChI=1S/C17H11ClN4O/c18-12-6-7-15-13(8-12)16(11-4-2-1-3-5-11)20-14(9-23)17-21-19-10-22(15)17/h1-10,14H. The second-order valence-electron chi connectivity index (χ2n) is 5.15. The Balaban J connectivity index is 2.05. The molecule has 6 heteroatoms. The molecule has 4 rings (SSSR count). The smallest absolute Gasteiger partial charge is 0.169 e. The van der Waals surface area contributed by atoms with Crippen molar-refractivity contribution in [2.45, 2.75) is 6.04 Å². The van der Waals surface area contributed by atoms with E-state index < -0.39 is 6.04 Å². The van der Waals surface area contributed by atoms with E-state index in [1.54, 1.807) is 17.0 Å². The van der Waals surface area contributed by atoms with Crippen LogP contribution in [0.25, 0.3) is 5.69 Å². The van der Waals surface area contributed by atoms with Crippen molar-refractivity contribution in [2.75, 3.05) is 0 Å². The van der Waals surface area contributed by atoms with Crippen LogP contribution in [0, 0.1) is 0 Å². The van der Waals surface area contributed by atoms with Gasteiger partial charge in [0.2, 0.25) is 0 Å². The van der Waals surface area contributed by atoms with Crippen molar-refractivity contribution in [3.8, 4) is 5.69 Å². The number of hydrogen-bond acceptors (Lipinski definition) is 4. The molecule has 23 heavy (non-hydrogen) atoms. The Morgan fingerprint density at radius 1 is 1.13 bits per heavy atom. The number of aromatic nitrogens is 3. The van der Waals surface area contributed by atoms with Crippen LogP contribution in [0.1, 0.15) is 23.0 Å². The number of aliphatic imine (C=N–C) groups is 1. The average molecular weight is 323 g/mol. The molecule has 1 unspecified atom stereocenters. The van der Waals surface area contributed by atoms with E-state index in [1.165, 1.54) is 0 Å². The van der Waals surface area contributed by atoms with Crippen LogP contribution in [0.5, 0.6) is 0 Å². The highest BCUT2D eigenvalue weighted by Gasteiger charge is 2.26. The molecule has 0 saturated heterocycles. The van der Waals surface area contributed by atoms with Crippen molar-refractivity contribution in [2.24, 2.45) is 4.99 Å². The van der Waals surface area contributed by atoms with Gasteiger partial charge in [0.25, 0.3) is 0 Å². The van der Waals surface area contributed by atoms with Crippen molar-refractivity contribution in [1.82, 2.24) is 14.8 Å². The van der Waals surface area contributed by atoms with Gasteiger partial charge in [0, 0.05) is 16.1 Å². The minimum atomic E-state index is -0.709. The van der Waals surface area contributed by atoms with Crippen molar-refractivity contribution in [1.29, 1.82) is 0 Å². The zero-order valence-corrected chi connectivity index (χ0v) is 12.7. The van der Waals surface area contributed by atoms with Gasteiger partial charge in [-0.3, -0.25) is 9.56 Å². The summed E-state index contributed by atoms with van der Waals surface area (Å²) in [6.07, 6.45) is 2.36. The zero-order chi connectivity index (χ0) is 15.8. The molecule has 0 N–H and O–H groups in total. The number of hydrogen-bond donors (Lipinski definition) is 0. The third-order valence-corrected chi connectivity index (χ3v) is 3.99. The molecule has 1 aliphatic heterocycles. The predicted molar refractivity (Wildman–Crippen MR) is 87.3 cm³/mol. The monoisotopic (exact) mass is 322 g/mol. The second-order valence-corrected chi connectivity index (χ2v) is 5.58. The fourth-order valence-corrected chi connectivity index (χ4v) is 2.90. The molecular weight excluding hydrogens is 312 g/mol. The molecule has 112 valence electrons. The molecule has 5 nitrogen and oxygen atoms in total. The Morgan fingerprint density at radius 3 is 2.74 bits per heavy atom. The zero-order valence-electron chi connectivity index (χ0n) is 11.9. The maximum Gasteiger partial charge on any atom is 0.169 e. The summed E-state index contributed by atoms with van der Waals surface area (Å²) in [5.74, 6) is 0.495. The van der Waals surface area contributed by atoms with Crippen molar-refractivity contribution >= 4 is 23.6 Å². The van der Waals surface area contributed by atoms with E-state index in [9.17, 15) is 4.79 Å². The van der Waals surface area contributed by atoms with Crippen LogP contribution >= 0.6 is 11.6 Å². The number of benzene rings is 2. The van der Waals surface area contributed by atoms with Crippen molar-refractivity contribution in [3.05, 3.63) is 76.8 Å². The third-order valence-electron chi connectivity index (χ3n) is 3.76. The average Bonchev–Trinajstić information content (AvgIpc) is 3.01. The summed E-state index contributed by atoms with van der Waals surface area (Å²) in [5.41, 5.74) is 3.32. The number of halogens is 1. The molecule has 2 heterocycles. The molecule has 1 atom stereocenters. The van der Waals surface area contributed by atoms with Crippen LogP contribution in [-0.2, 0) is 4.79 Å². The lowest BCUT2D eigenvalue weighted by atomic mass is 10.0. The lowest BCUT2D eigenvalue weighted by molar-refractivity contribution is -0.109. The number of carbonyl (C=O) groups excluding carboxylic acids is 1. The number of nitrogens with zero attached hydrogens (tertiary/aromatic N) is 4. The number of rotatable bonds is 2. The third kappa shape index (κ3) is 2.26. The normalized spacial score (nSPS) is 16.0. The second kappa shape index (κ2) is 5.44. The van der Waals surface area contributed by atoms with Crippen LogP contribution in [0.2, 0.25) is 5.02 Å². The molecule has 0 saturated carbocycles. The number of fused-ring (bicyclic) bond motifs is 3. The van der Waals surface area contributed by atoms with Gasteiger partial charge >= 0.3 is 0 Å². The first-order chi connectivity index (χ1) is 11.3. The van der Waals surface area contributed by atoms with Gasteiger partial charge in [0.05, 0.1) is 11.4 Å². The lowest BCUT2D eigenvalue weighted by Crippen LogP contribution is -2.07. The Bertz CT molecular complexity index is 917. The molecule has 0 aliphatic carbocycles. The minimum Gasteiger partial charge on any atom is -0.300 e. The van der Waals surface area contributed by atoms with Gasteiger partial charge in [-0.05, 0) is 18.2 Å². The van der Waals surface area contributed by atoms with Gasteiger partial charge in [0.1, 0.15) is 6.33 Å². The maximum absolute atomic E-state index is 11.6. The molecule has 0 radical (unpaired) electrons. The summed E-state index contributed by atoms with van der Waals surface area (Å²) in [6, 6.07) is 14.5. The highest BCUT2D eigenvalue weighted by molar-refractivity contribution is 6.31. The van der Waals surface area contributed by atoms with Crippen molar-refractivity contribution < 1.29 is 4.79 Å². The lowest BCUT2D eigenvalue weighted by Gasteiger charge is -2.11. The van der Waals surface area contributed by atoms with Crippen LogP contribution < -0.4 is 0 Å². The first-order valence-electron chi connectivity index (χ1n) is 7.06. The predicted octanol–water partition coefficient (Wildman–Crippen LogP) is 3.01. The Labute approximate surface area is 137 Å². The maximum atomic E-state index is 11.6. The van der Waals surface area contributed by atoms with E-state index in [1.807, 2.05) is 42.5 Å². The molecule has 0 amide bonds. The summed E-state index contributed by atoms with van der Waals surface area (Å²) in [7, 11) is 0. The van der Waals surface area contributed by atoms with Gasteiger partial charge in [-0.25, -0.2) is 0 Å². The minimum absolute atomic E-state index is 0.495. The molecular formula is C17H11ClN4O.